The van der Waals surface area contributed by atoms with E-state index >= 15 is 0 Å². The minimum atomic E-state index is -1.11. The highest BCUT2D eigenvalue weighted by Crippen LogP contribution is 2.50. The standard InChI is InChI=1S/C21H20F2N2O2/c1-12-16(4-3-5-17(12)22)21(20(26)27)9-8-14(11-21)13-6-7-15-18(10-13)25(2)24-19(15)23/h3-7,10,14H,8-9,11H2,1-2H3,(H,26,27)/t14?,21-/m0/s1. The van der Waals surface area contributed by atoms with Gasteiger partial charge in [0.1, 0.15) is 5.82 Å². The molecule has 0 bridgehead atoms. The first kappa shape index (κ1) is 17.6. The van der Waals surface area contributed by atoms with Crippen molar-refractivity contribution in [2.75, 3.05) is 0 Å². The summed E-state index contributed by atoms with van der Waals surface area (Å²) in [5, 5.41) is 14.3. The highest BCUT2D eigenvalue weighted by Gasteiger charge is 2.48. The smallest absolute Gasteiger partial charge is 0.314 e. The molecule has 1 N–H and O–H groups in total. The van der Waals surface area contributed by atoms with Gasteiger partial charge in [-0.05, 0) is 67.0 Å². The van der Waals surface area contributed by atoms with Gasteiger partial charge in [-0.25, -0.2) is 4.39 Å². The van der Waals surface area contributed by atoms with Crippen LogP contribution in [0.25, 0.3) is 10.9 Å². The Bertz CT molecular complexity index is 1060. The van der Waals surface area contributed by atoms with Crippen molar-refractivity contribution in [3.05, 3.63) is 64.9 Å². The van der Waals surface area contributed by atoms with E-state index < -0.39 is 17.3 Å². The van der Waals surface area contributed by atoms with Crippen LogP contribution in [0.3, 0.4) is 0 Å². The molecule has 1 fully saturated rings. The van der Waals surface area contributed by atoms with Crippen molar-refractivity contribution >= 4 is 16.9 Å². The van der Waals surface area contributed by atoms with Gasteiger partial charge in [-0.1, -0.05) is 18.2 Å². The third-order valence-corrected chi connectivity index (χ3v) is 6.01. The Morgan fingerprint density at radius 3 is 2.81 bits per heavy atom. The normalized spacial score (nSPS) is 22.4. The Balaban J connectivity index is 1.75. The van der Waals surface area contributed by atoms with E-state index in [1.807, 2.05) is 12.1 Å². The van der Waals surface area contributed by atoms with Gasteiger partial charge in [-0.2, -0.15) is 4.39 Å². The molecule has 6 heteroatoms. The zero-order valence-electron chi connectivity index (χ0n) is 15.2. The Morgan fingerprint density at radius 1 is 1.30 bits per heavy atom. The Kier molecular flexibility index (Phi) is 4.02. The molecule has 140 valence electrons. The molecule has 2 atom stereocenters. The van der Waals surface area contributed by atoms with Crippen molar-refractivity contribution in [1.29, 1.82) is 0 Å². The first-order valence-corrected chi connectivity index (χ1v) is 8.94. The van der Waals surface area contributed by atoms with Crippen molar-refractivity contribution in [1.82, 2.24) is 9.78 Å². The van der Waals surface area contributed by atoms with Gasteiger partial charge < -0.3 is 5.11 Å². The van der Waals surface area contributed by atoms with Gasteiger partial charge in [0.25, 0.3) is 0 Å². The Hall–Kier alpha value is -2.76. The number of carboxylic acid groups (broad SMARTS) is 1. The molecule has 4 rings (SSSR count). The molecule has 0 amide bonds. The number of aromatic nitrogens is 2. The van der Waals surface area contributed by atoms with E-state index in [9.17, 15) is 18.7 Å². The molecule has 1 heterocycles. The molecular weight excluding hydrogens is 350 g/mol. The van der Waals surface area contributed by atoms with Crippen LogP contribution in [-0.4, -0.2) is 20.9 Å². The summed E-state index contributed by atoms with van der Waals surface area (Å²) in [6.07, 6.45) is 1.50. The molecule has 4 nitrogen and oxygen atoms in total. The maximum absolute atomic E-state index is 14.1. The molecule has 27 heavy (non-hydrogen) atoms. The average molecular weight is 370 g/mol. The summed E-state index contributed by atoms with van der Waals surface area (Å²) < 4.78 is 29.4. The van der Waals surface area contributed by atoms with Crippen molar-refractivity contribution < 1.29 is 18.7 Å². The molecule has 2 aromatic carbocycles. The quantitative estimate of drug-likeness (QED) is 0.741. The molecule has 0 radical (unpaired) electrons. The molecule has 1 aliphatic carbocycles. The summed E-state index contributed by atoms with van der Waals surface area (Å²) in [4.78, 5) is 12.2. The van der Waals surface area contributed by atoms with E-state index in [-0.39, 0.29) is 11.7 Å². The van der Waals surface area contributed by atoms with Crippen LogP contribution in [0.2, 0.25) is 0 Å². The first-order chi connectivity index (χ1) is 12.8. The highest BCUT2D eigenvalue weighted by molar-refractivity contribution is 5.83. The number of benzene rings is 2. The lowest BCUT2D eigenvalue weighted by atomic mass is 9.75. The summed E-state index contributed by atoms with van der Waals surface area (Å²) in [5.74, 6) is -1.82. The number of aliphatic carboxylic acids is 1. The summed E-state index contributed by atoms with van der Waals surface area (Å²) >= 11 is 0. The van der Waals surface area contributed by atoms with Crippen LogP contribution in [0.5, 0.6) is 0 Å². The van der Waals surface area contributed by atoms with Gasteiger partial charge in [0.05, 0.1) is 16.3 Å². The minimum absolute atomic E-state index is 0.00567. The van der Waals surface area contributed by atoms with Crippen LogP contribution >= 0.6 is 0 Å². The molecule has 1 aliphatic rings. The fourth-order valence-corrected chi connectivity index (χ4v) is 4.49. The summed E-state index contributed by atoms with van der Waals surface area (Å²) in [6, 6.07) is 10.1. The number of fused-ring (bicyclic) bond motifs is 1. The first-order valence-electron chi connectivity index (χ1n) is 8.94. The fourth-order valence-electron chi connectivity index (χ4n) is 4.49. The van der Waals surface area contributed by atoms with Crippen LogP contribution in [-0.2, 0) is 17.3 Å². The van der Waals surface area contributed by atoms with Gasteiger partial charge in [0.15, 0.2) is 0 Å². The van der Waals surface area contributed by atoms with Gasteiger partial charge in [0.2, 0.25) is 5.95 Å². The van der Waals surface area contributed by atoms with E-state index in [0.717, 1.165) is 5.56 Å². The number of hydrogen-bond donors (Lipinski definition) is 1. The van der Waals surface area contributed by atoms with Gasteiger partial charge in [-0.3, -0.25) is 9.48 Å². The number of hydrogen-bond acceptors (Lipinski definition) is 2. The van der Waals surface area contributed by atoms with E-state index in [1.54, 1.807) is 32.2 Å². The Morgan fingerprint density at radius 2 is 2.07 bits per heavy atom. The van der Waals surface area contributed by atoms with E-state index in [4.69, 9.17) is 0 Å². The SMILES string of the molecule is Cc1c(F)cccc1[C@]1(C(=O)O)CCC(c2ccc3c(F)nn(C)c3c2)C1. The second-order valence-electron chi connectivity index (χ2n) is 7.43. The van der Waals surface area contributed by atoms with Crippen molar-refractivity contribution in [3.8, 4) is 0 Å². The fraction of sp³-hybridized carbons (Fsp3) is 0.333. The van der Waals surface area contributed by atoms with Gasteiger partial charge in [-0.15, -0.1) is 5.10 Å². The molecule has 1 saturated carbocycles. The summed E-state index contributed by atoms with van der Waals surface area (Å²) in [6.45, 7) is 1.63. The summed E-state index contributed by atoms with van der Waals surface area (Å²) in [5.41, 5.74) is 1.47. The van der Waals surface area contributed by atoms with Crippen LogP contribution < -0.4 is 0 Å². The van der Waals surface area contributed by atoms with Crippen LogP contribution in [0, 0.1) is 18.7 Å². The molecule has 0 spiro atoms. The average Bonchev–Trinajstić information content (AvgIpc) is 3.20. The van der Waals surface area contributed by atoms with Crippen molar-refractivity contribution in [2.24, 2.45) is 7.05 Å². The van der Waals surface area contributed by atoms with E-state index in [2.05, 4.69) is 5.10 Å². The highest BCUT2D eigenvalue weighted by atomic mass is 19.1. The number of rotatable bonds is 3. The predicted molar refractivity (Wildman–Crippen MR) is 97.7 cm³/mol. The number of aryl methyl sites for hydroxylation is 1. The zero-order chi connectivity index (χ0) is 19.3. The number of carboxylic acids is 1. The summed E-state index contributed by atoms with van der Waals surface area (Å²) in [7, 11) is 1.68. The Labute approximate surface area is 155 Å². The monoisotopic (exact) mass is 370 g/mol. The lowest BCUT2D eigenvalue weighted by molar-refractivity contribution is -0.143. The second kappa shape index (κ2) is 6.15. The third kappa shape index (κ3) is 2.62. The van der Waals surface area contributed by atoms with E-state index in [1.165, 1.54) is 10.7 Å². The predicted octanol–water partition coefficient (Wildman–Crippen LogP) is 4.45. The van der Waals surface area contributed by atoms with Crippen molar-refractivity contribution in [3.63, 3.8) is 0 Å². The molecule has 1 unspecified atom stereocenters. The van der Waals surface area contributed by atoms with Crippen LogP contribution in [0.1, 0.15) is 41.9 Å². The number of nitrogens with zero attached hydrogens (tertiary/aromatic N) is 2. The van der Waals surface area contributed by atoms with Gasteiger partial charge in [0, 0.05) is 7.05 Å². The molecular formula is C21H20F2N2O2. The maximum atomic E-state index is 14.1. The van der Waals surface area contributed by atoms with Crippen LogP contribution in [0.15, 0.2) is 36.4 Å². The van der Waals surface area contributed by atoms with Crippen LogP contribution in [0.4, 0.5) is 8.78 Å². The largest absolute Gasteiger partial charge is 0.481 e. The van der Waals surface area contributed by atoms with Crippen molar-refractivity contribution in [2.45, 2.75) is 37.5 Å². The molecule has 0 saturated heterocycles. The topological polar surface area (TPSA) is 55.1 Å². The van der Waals surface area contributed by atoms with Gasteiger partial charge >= 0.3 is 5.97 Å². The number of carbonyl (C=O) groups is 1. The zero-order valence-corrected chi connectivity index (χ0v) is 15.2. The molecule has 1 aromatic heterocycles. The van der Waals surface area contributed by atoms with E-state index in [0.29, 0.717) is 41.3 Å². The second-order valence-corrected chi connectivity index (χ2v) is 7.43. The maximum Gasteiger partial charge on any atom is 0.314 e. The number of halogens is 2. The minimum Gasteiger partial charge on any atom is -0.481 e. The third-order valence-electron chi connectivity index (χ3n) is 6.01. The lowest BCUT2D eigenvalue weighted by Gasteiger charge is -2.27. The lowest BCUT2D eigenvalue weighted by Crippen LogP contribution is -2.34. The molecule has 3 aromatic rings. The molecule has 0 aliphatic heterocycles.